The van der Waals surface area contributed by atoms with Crippen LogP contribution in [0.25, 0.3) is 0 Å². The number of benzene rings is 1. The van der Waals surface area contributed by atoms with Crippen LogP contribution < -0.4 is 10.0 Å². The van der Waals surface area contributed by atoms with Crippen molar-refractivity contribution in [3.8, 4) is 0 Å². The van der Waals surface area contributed by atoms with E-state index in [4.69, 9.17) is 0 Å². The number of thiazole rings is 1. The second-order valence-electron chi connectivity index (χ2n) is 4.74. The summed E-state index contributed by atoms with van der Waals surface area (Å²) in [6.45, 7) is 4.64. The van der Waals surface area contributed by atoms with Gasteiger partial charge in [0.2, 0.25) is 10.0 Å². The van der Waals surface area contributed by atoms with Crippen LogP contribution in [-0.4, -0.2) is 20.4 Å². The van der Waals surface area contributed by atoms with Crippen molar-refractivity contribution >= 4 is 21.4 Å². The Morgan fingerprint density at radius 2 is 2.00 bits per heavy atom. The van der Waals surface area contributed by atoms with E-state index in [9.17, 15) is 8.42 Å². The van der Waals surface area contributed by atoms with Gasteiger partial charge in [0, 0.05) is 24.2 Å². The first-order valence-electron chi connectivity index (χ1n) is 6.58. The smallest absolute Gasteiger partial charge is 0.241 e. The number of nitrogens with zero attached hydrogens (tertiary/aromatic N) is 1. The fourth-order valence-electron chi connectivity index (χ4n) is 2.06. The molecule has 0 aliphatic heterocycles. The molecule has 1 aromatic heterocycles. The van der Waals surface area contributed by atoms with Gasteiger partial charge >= 0.3 is 0 Å². The van der Waals surface area contributed by atoms with Crippen LogP contribution in [0.4, 0.5) is 0 Å². The maximum atomic E-state index is 12.4. The monoisotopic (exact) mass is 325 g/mol. The molecule has 0 saturated carbocycles. The van der Waals surface area contributed by atoms with Gasteiger partial charge < -0.3 is 5.32 Å². The Hall–Kier alpha value is -1.28. The highest BCUT2D eigenvalue weighted by molar-refractivity contribution is 7.89. The van der Waals surface area contributed by atoms with Gasteiger partial charge in [0.15, 0.2) is 0 Å². The number of nitrogens with one attached hydrogen (secondary N) is 2. The maximum absolute atomic E-state index is 12.4. The third-order valence-electron chi connectivity index (χ3n) is 3.16. The number of rotatable bonds is 6. The Labute approximate surface area is 129 Å². The SMILES string of the molecule is CNCc1cccc(S(=O)(=O)NCc2cnc(C)s2)c1C. The van der Waals surface area contributed by atoms with Crippen molar-refractivity contribution in [3.63, 3.8) is 0 Å². The topological polar surface area (TPSA) is 71.1 Å². The second kappa shape index (κ2) is 6.65. The molecule has 2 N–H and O–H groups in total. The van der Waals surface area contributed by atoms with Crippen molar-refractivity contribution in [2.24, 2.45) is 0 Å². The molecule has 0 fully saturated rings. The lowest BCUT2D eigenvalue weighted by Crippen LogP contribution is -2.24. The minimum absolute atomic E-state index is 0.267. The largest absolute Gasteiger partial charge is 0.316 e. The molecule has 0 saturated heterocycles. The van der Waals surface area contributed by atoms with Gasteiger partial charge in [0.25, 0.3) is 0 Å². The fourth-order valence-corrected chi connectivity index (χ4v) is 4.18. The van der Waals surface area contributed by atoms with E-state index in [2.05, 4.69) is 15.0 Å². The van der Waals surface area contributed by atoms with Crippen LogP contribution in [0, 0.1) is 13.8 Å². The minimum Gasteiger partial charge on any atom is -0.316 e. The van der Waals surface area contributed by atoms with Crippen molar-refractivity contribution in [3.05, 3.63) is 45.4 Å². The standard InChI is InChI=1S/C14H19N3O2S2/c1-10-12(7-15-3)5-4-6-14(10)21(18,19)17-9-13-8-16-11(2)20-13/h4-6,8,15,17H,7,9H2,1-3H3. The zero-order valence-electron chi connectivity index (χ0n) is 12.3. The van der Waals surface area contributed by atoms with Gasteiger partial charge in [-0.2, -0.15) is 0 Å². The molecule has 0 amide bonds. The van der Waals surface area contributed by atoms with Crippen LogP contribution in [0.3, 0.4) is 0 Å². The molecular weight excluding hydrogens is 306 g/mol. The van der Waals surface area contributed by atoms with Crippen LogP contribution in [-0.2, 0) is 23.1 Å². The zero-order valence-corrected chi connectivity index (χ0v) is 13.9. The summed E-state index contributed by atoms with van der Waals surface area (Å²) < 4.78 is 27.5. The summed E-state index contributed by atoms with van der Waals surface area (Å²) in [7, 11) is -1.68. The van der Waals surface area contributed by atoms with Crippen LogP contribution in [0.2, 0.25) is 0 Å². The predicted molar refractivity (Wildman–Crippen MR) is 84.8 cm³/mol. The Morgan fingerprint density at radius 1 is 1.24 bits per heavy atom. The van der Waals surface area contributed by atoms with Gasteiger partial charge in [0.05, 0.1) is 9.90 Å². The summed E-state index contributed by atoms with van der Waals surface area (Å²) in [6.07, 6.45) is 1.70. The summed E-state index contributed by atoms with van der Waals surface area (Å²) in [6, 6.07) is 5.33. The number of aromatic nitrogens is 1. The molecule has 7 heteroatoms. The number of hydrogen-bond donors (Lipinski definition) is 2. The molecule has 0 bridgehead atoms. The highest BCUT2D eigenvalue weighted by Crippen LogP contribution is 2.20. The molecule has 0 spiro atoms. The molecule has 2 aromatic rings. The first-order chi connectivity index (χ1) is 9.94. The van der Waals surface area contributed by atoms with Crippen molar-refractivity contribution in [2.45, 2.75) is 31.8 Å². The summed E-state index contributed by atoms with van der Waals surface area (Å²) in [5.74, 6) is 0. The molecule has 2 rings (SSSR count). The highest BCUT2D eigenvalue weighted by atomic mass is 32.2. The van der Waals surface area contributed by atoms with Crippen molar-refractivity contribution in [1.82, 2.24) is 15.0 Å². The maximum Gasteiger partial charge on any atom is 0.241 e. The quantitative estimate of drug-likeness (QED) is 0.852. The van der Waals surface area contributed by atoms with Gasteiger partial charge in [-0.25, -0.2) is 18.1 Å². The van der Waals surface area contributed by atoms with Crippen molar-refractivity contribution in [1.29, 1.82) is 0 Å². The second-order valence-corrected chi connectivity index (χ2v) is 7.80. The van der Waals surface area contributed by atoms with Crippen LogP contribution in [0.1, 0.15) is 21.0 Å². The van der Waals surface area contributed by atoms with Crippen LogP contribution in [0.15, 0.2) is 29.3 Å². The van der Waals surface area contributed by atoms with E-state index >= 15 is 0 Å². The predicted octanol–water partition coefficient (Wildman–Crippen LogP) is 1.96. The van der Waals surface area contributed by atoms with E-state index in [-0.39, 0.29) is 6.54 Å². The lowest BCUT2D eigenvalue weighted by atomic mass is 10.1. The normalized spacial score (nSPS) is 11.8. The first-order valence-corrected chi connectivity index (χ1v) is 8.88. The lowest BCUT2D eigenvalue weighted by molar-refractivity contribution is 0.581. The van der Waals surface area contributed by atoms with Crippen molar-refractivity contribution < 1.29 is 8.42 Å². The van der Waals surface area contributed by atoms with E-state index in [1.807, 2.05) is 27.0 Å². The van der Waals surface area contributed by atoms with E-state index in [1.165, 1.54) is 11.3 Å². The summed E-state index contributed by atoms with van der Waals surface area (Å²) >= 11 is 1.49. The molecule has 5 nitrogen and oxygen atoms in total. The highest BCUT2D eigenvalue weighted by Gasteiger charge is 2.18. The van der Waals surface area contributed by atoms with E-state index < -0.39 is 10.0 Å². The molecule has 1 heterocycles. The Balaban J connectivity index is 2.21. The Kier molecular flexibility index (Phi) is 5.10. The molecule has 114 valence electrons. The van der Waals surface area contributed by atoms with Gasteiger partial charge in [-0.15, -0.1) is 11.3 Å². The summed E-state index contributed by atoms with van der Waals surface area (Å²) in [5.41, 5.74) is 1.76. The lowest BCUT2D eigenvalue weighted by Gasteiger charge is -2.12. The molecule has 1 aromatic carbocycles. The van der Waals surface area contributed by atoms with Gasteiger partial charge in [0.1, 0.15) is 0 Å². The number of sulfonamides is 1. The van der Waals surface area contributed by atoms with E-state index in [0.29, 0.717) is 11.4 Å². The van der Waals surface area contributed by atoms with E-state index in [0.717, 1.165) is 21.0 Å². The number of hydrogen-bond acceptors (Lipinski definition) is 5. The zero-order chi connectivity index (χ0) is 15.5. The van der Waals surface area contributed by atoms with Gasteiger partial charge in [-0.05, 0) is 38.1 Å². The Morgan fingerprint density at radius 3 is 2.62 bits per heavy atom. The molecule has 0 radical (unpaired) electrons. The molecule has 0 atom stereocenters. The van der Waals surface area contributed by atoms with Crippen LogP contribution >= 0.6 is 11.3 Å². The number of aryl methyl sites for hydroxylation is 1. The molecule has 21 heavy (non-hydrogen) atoms. The summed E-state index contributed by atoms with van der Waals surface area (Å²) in [5, 5.41) is 3.97. The van der Waals surface area contributed by atoms with Crippen LogP contribution in [0.5, 0.6) is 0 Å². The minimum atomic E-state index is -3.52. The van der Waals surface area contributed by atoms with Crippen molar-refractivity contribution in [2.75, 3.05) is 7.05 Å². The van der Waals surface area contributed by atoms with E-state index in [1.54, 1.807) is 18.3 Å². The Bertz CT molecular complexity index is 724. The summed E-state index contributed by atoms with van der Waals surface area (Å²) in [4.78, 5) is 5.35. The average molecular weight is 325 g/mol. The average Bonchev–Trinajstić information content (AvgIpc) is 2.85. The fraction of sp³-hybridized carbons (Fsp3) is 0.357. The third-order valence-corrected chi connectivity index (χ3v) is 5.62. The molecule has 0 unspecified atom stereocenters. The van der Waals surface area contributed by atoms with Gasteiger partial charge in [-0.3, -0.25) is 0 Å². The third kappa shape index (κ3) is 3.88. The molecule has 0 aliphatic carbocycles. The first kappa shape index (κ1) is 16.1. The molecular formula is C14H19N3O2S2. The molecule has 0 aliphatic rings. The van der Waals surface area contributed by atoms with Gasteiger partial charge in [-0.1, -0.05) is 12.1 Å².